The molecule has 0 fully saturated rings. The van der Waals surface area contributed by atoms with Crippen LogP contribution in [0, 0.1) is 0 Å². The number of hydrogen-bond donors (Lipinski definition) is 2. The minimum absolute atomic E-state index is 0.0319. The van der Waals surface area contributed by atoms with Crippen molar-refractivity contribution in [3.63, 3.8) is 0 Å². The summed E-state index contributed by atoms with van der Waals surface area (Å²) < 4.78 is 42.9. The van der Waals surface area contributed by atoms with Gasteiger partial charge in [0.25, 0.3) is 0 Å². The Balaban J connectivity index is 1.72. The van der Waals surface area contributed by atoms with Gasteiger partial charge in [0.1, 0.15) is 12.4 Å². The molecule has 2 N–H and O–H groups in total. The molecule has 7 nitrogen and oxygen atoms in total. The Bertz CT molecular complexity index is 750. The zero-order valence-electron chi connectivity index (χ0n) is 15.0. The number of aliphatic hydroxyl groups is 1. The topological polar surface area (TPSA) is 94.1 Å². The summed E-state index contributed by atoms with van der Waals surface area (Å²) in [5, 5.41) is 8.55. The van der Waals surface area contributed by atoms with Crippen LogP contribution in [0.15, 0.2) is 59.5 Å². The van der Waals surface area contributed by atoms with Crippen LogP contribution in [-0.2, 0) is 26.1 Å². The highest BCUT2D eigenvalue weighted by molar-refractivity contribution is 7.89. The number of hydrogen-bond acceptors (Lipinski definition) is 6. The van der Waals surface area contributed by atoms with E-state index < -0.39 is 10.0 Å². The summed E-state index contributed by atoms with van der Waals surface area (Å²) in [4.78, 5) is 0.167. The van der Waals surface area contributed by atoms with Gasteiger partial charge in [-0.1, -0.05) is 30.3 Å². The fourth-order valence-corrected chi connectivity index (χ4v) is 3.19. The third-order valence-electron chi connectivity index (χ3n) is 3.53. The normalized spacial score (nSPS) is 11.4. The number of benzene rings is 2. The van der Waals surface area contributed by atoms with Gasteiger partial charge in [0.05, 0.1) is 37.9 Å². The molecule has 0 aromatic heterocycles. The Labute approximate surface area is 159 Å². The molecule has 0 aliphatic carbocycles. The molecule has 2 rings (SSSR count). The van der Waals surface area contributed by atoms with Crippen LogP contribution < -0.4 is 9.46 Å². The Morgan fingerprint density at radius 2 is 1.52 bits per heavy atom. The van der Waals surface area contributed by atoms with Crippen molar-refractivity contribution < 1.29 is 27.7 Å². The summed E-state index contributed by atoms with van der Waals surface area (Å²) in [5.41, 5.74) is 1.04. The van der Waals surface area contributed by atoms with Gasteiger partial charge < -0.3 is 19.3 Å². The summed E-state index contributed by atoms with van der Waals surface area (Å²) in [7, 11) is -3.60. The van der Waals surface area contributed by atoms with E-state index >= 15 is 0 Å². The lowest BCUT2D eigenvalue weighted by Gasteiger charge is -2.09. The molecule has 2 aromatic rings. The second-order valence-electron chi connectivity index (χ2n) is 5.59. The Kier molecular flexibility index (Phi) is 9.23. The lowest BCUT2D eigenvalue weighted by Crippen LogP contribution is -2.27. The van der Waals surface area contributed by atoms with E-state index in [1.807, 2.05) is 30.3 Å². The van der Waals surface area contributed by atoms with Crippen LogP contribution in [0.1, 0.15) is 5.56 Å². The number of ether oxygens (including phenoxy) is 3. The smallest absolute Gasteiger partial charge is 0.240 e. The predicted octanol–water partition coefficient (Wildman–Crippen LogP) is 1.57. The van der Waals surface area contributed by atoms with Crippen LogP contribution in [0.4, 0.5) is 0 Å². The van der Waals surface area contributed by atoms with Gasteiger partial charge in [-0.2, -0.15) is 0 Å². The first kappa shape index (κ1) is 21.3. The largest absolute Gasteiger partial charge is 0.489 e. The molecule has 0 atom stereocenters. The molecular formula is C19H25NO6S. The zero-order chi connectivity index (χ0) is 19.4. The third kappa shape index (κ3) is 8.06. The van der Waals surface area contributed by atoms with Gasteiger partial charge in [-0.3, -0.25) is 0 Å². The van der Waals surface area contributed by atoms with Crippen molar-refractivity contribution in [2.75, 3.05) is 39.6 Å². The van der Waals surface area contributed by atoms with Crippen molar-refractivity contribution >= 4 is 10.0 Å². The van der Waals surface area contributed by atoms with E-state index in [1.165, 1.54) is 12.1 Å². The standard InChI is InChI=1S/C19H25NO6S/c21-11-13-25-15-14-24-12-10-20-27(22,23)19-8-6-18(7-9-19)26-16-17-4-2-1-3-5-17/h1-9,20-21H,10-16H2. The van der Waals surface area contributed by atoms with Crippen LogP contribution in [0.5, 0.6) is 5.75 Å². The SMILES string of the molecule is O=S(=O)(NCCOCCOCCO)c1ccc(OCc2ccccc2)cc1. The summed E-state index contributed by atoms with van der Waals surface area (Å²) >= 11 is 0. The Hall–Kier alpha value is -1.97. The minimum Gasteiger partial charge on any atom is -0.489 e. The molecule has 0 amide bonds. The number of nitrogens with one attached hydrogen (secondary N) is 1. The van der Waals surface area contributed by atoms with Gasteiger partial charge in [-0.05, 0) is 29.8 Å². The fourth-order valence-electron chi connectivity index (χ4n) is 2.17. The molecule has 8 heteroatoms. The second-order valence-corrected chi connectivity index (χ2v) is 7.36. The molecule has 27 heavy (non-hydrogen) atoms. The fraction of sp³-hybridized carbons (Fsp3) is 0.368. The van der Waals surface area contributed by atoms with E-state index in [1.54, 1.807) is 12.1 Å². The van der Waals surface area contributed by atoms with Crippen molar-refractivity contribution in [3.05, 3.63) is 60.2 Å². The molecule has 0 aliphatic heterocycles. The van der Waals surface area contributed by atoms with Gasteiger partial charge >= 0.3 is 0 Å². The number of rotatable bonds is 13. The monoisotopic (exact) mass is 395 g/mol. The summed E-state index contributed by atoms with van der Waals surface area (Å²) in [6.07, 6.45) is 0. The molecule has 0 saturated heterocycles. The van der Waals surface area contributed by atoms with E-state index in [0.29, 0.717) is 25.6 Å². The van der Waals surface area contributed by atoms with E-state index in [2.05, 4.69) is 4.72 Å². The van der Waals surface area contributed by atoms with Gasteiger partial charge in [0, 0.05) is 6.54 Å². The van der Waals surface area contributed by atoms with Gasteiger partial charge in [-0.15, -0.1) is 0 Å². The molecule has 148 valence electrons. The second kappa shape index (κ2) is 11.7. The van der Waals surface area contributed by atoms with E-state index in [-0.39, 0.29) is 31.3 Å². The van der Waals surface area contributed by atoms with Crippen molar-refractivity contribution in [3.8, 4) is 5.75 Å². The van der Waals surface area contributed by atoms with Crippen LogP contribution in [0.25, 0.3) is 0 Å². The van der Waals surface area contributed by atoms with Crippen molar-refractivity contribution in [1.29, 1.82) is 0 Å². The molecule has 0 bridgehead atoms. The van der Waals surface area contributed by atoms with E-state index in [4.69, 9.17) is 19.3 Å². The maximum atomic E-state index is 12.2. The van der Waals surface area contributed by atoms with Crippen molar-refractivity contribution in [2.24, 2.45) is 0 Å². The molecule has 0 unspecified atom stereocenters. The third-order valence-corrected chi connectivity index (χ3v) is 5.01. The highest BCUT2D eigenvalue weighted by Crippen LogP contribution is 2.17. The maximum absolute atomic E-state index is 12.2. The predicted molar refractivity (Wildman–Crippen MR) is 101 cm³/mol. The van der Waals surface area contributed by atoms with Crippen molar-refractivity contribution in [2.45, 2.75) is 11.5 Å². The number of sulfonamides is 1. The van der Waals surface area contributed by atoms with Crippen LogP contribution in [-0.4, -0.2) is 53.1 Å². The Morgan fingerprint density at radius 3 is 2.19 bits per heavy atom. The zero-order valence-corrected chi connectivity index (χ0v) is 15.9. The molecule has 2 aromatic carbocycles. The van der Waals surface area contributed by atoms with Gasteiger partial charge in [-0.25, -0.2) is 13.1 Å². The van der Waals surface area contributed by atoms with E-state index in [0.717, 1.165) is 5.56 Å². The first-order chi connectivity index (χ1) is 13.1. The molecule has 0 aliphatic rings. The summed E-state index contributed by atoms with van der Waals surface area (Å²) in [6, 6.07) is 16.0. The van der Waals surface area contributed by atoms with Gasteiger partial charge in [0.15, 0.2) is 0 Å². The Morgan fingerprint density at radius 1 is 0.852 bits per heavy atom. The van der Waals surface area contributed by atoms with Crippen LogP contribution in [0.3, 0.4) is 0 Å². The average Bonchev–Trinajstić information content (AvgIpc) is 2.69. The minimum atomic E-state index is -3.60. The molecular weight excluding hydrogens is 370 g/mol. The van der Waals surface area contributed by atoms with Crippen LogP contribution in [0.2, 0.25) is 0 Å². The molecule has 0 heterocycles. The van der Waals surface area contributed by atoms with Gasteiger partial charge in [0.2, 0.25) is 10.0 Å². The quantitative estimate of drug-likeness (QED) is 0.500. The first-order valence-corrected chi connectivity index (χ1v) is 10.1. The maximum Gasteiger partial charge on any atom is 0.240 e. The average molecular weight is 395 g/mol. The highest BCUT2D eigenvalue weighted by Gasteiger charge is 2.13. The molecule has 0 radical (unpaired) electrons. The van der Waals surface area contributed by atoms with E-state index in [9.17, 15) is 8.42 Å². The highest BCUT2D eigenvalue weighted by atomic mass is 32.2. The molecule has 0 saturated carbocycles. The molecule has 0 spiro atoms. The lowest BCUT2D eigenvalue weighted by atomic mass is 10.2. The summed E-state index contributed by atoms with van der Waals surface area (Å²) in [6.45, 7) is 1.75. The number of aliphatic hydroxyl groups excluding tert-OH is 1. The van der Waals surface area contributed by atoms with Crippen molar-refractivity contribution in [1.82, 2.24) is 4.72 Å². The first-order valence-electron chi connectivity index (χ1n) is 8.64. The lowest BCUT2D eigenvalue weighted by molar-refractivity contribution is 0.0348. The summed E-state index contributed by atoms with van der Waals surface area (Å²) in [5.74, 6) is 0.601. The van der Waals surface area contributed by atoms with Crippen LogP contribution >= 0.6 is 0 Å².